The van der Waals surface area contributed by atoms with Crippen LogP contribution in [0.1, 0.15) is 16.8 Å². The average molecular weight is 587 g/mol. The van der Waals surface area contributed by atoms with E-state index in [1.807, 2.05) is 24.3 Å². The largest absolute Gasteiger partial charge is 0.375 e. The molecule has 0 saturated carbocycles. The third kappa shape index (κ3) is 7.98. The standard InChI is InChI=1S/C27H27ClN6O5.ClH/c1-39-16-24(35)34-13-10-21(31-26(37)27(38)33-23-7-6-20(28)14-30-23)22(15-34)32-25(36)19-4-2-17(3-5-19)18-8-11-29-12-9-18;/h2-9,11-12,14,21-22H,10,13,15-16H2,1H3,(H,31,37)(H,32,36)(H,30,33,38);1H/t21-,22+;/m0./s1. The summed E-state index contributed by atoms with van der Waals surface area (Å²) in [5.41, 5.74) is 2.30. The van der Waals surface area contributed by atoms with E-state index >= 15 is 0 Å². The highest BCUT2D eigenvalue weighted by molar-refractivity contribution is 6.39. The number of carbonyl (C=O) groups excluding carboxylic acids is 4. The van der Waals surface area contributed by atoms with Crippen molar-refractivity contribution in [3.63, 3.8) is 0 Å². The van der Waals surface area contributed by atoms with Crippen LogP contribution in [0.15, 0.2) is 67.1 Å². The van der Waals surface area contributed by atoms with Crippen molar-refractivity contribution >= 4 is 53.5 Å². The molecule has 0 unspecified atom stereocenters. The number of rotatable bonds is 7. The molecular weight excluding hydrogens is 559 g/mol. The quantitative estimate of drug-likeness (QED) is 0.360. The van der Waals surface area contributed by atoms with Gasteiger partial charge in [-0.25, -0.2) is 4.98 Å². The van der Waals surface area contributed by atoms with Crippen LogP contribution in [0, 0.1) is 0 Å². The predicted molar refractivity (Wildman–Crippen MR) is 151 cm³/mol. The topological polar surface area (TPSA) is 143 Å². The zero-order valence-corrected chi connectivity index (χ0v) is 23.1. The molecule has 1 saturated heterocycles. The number of piperidine rings is 1. The summed E-state index contributed by atoms with van der Waals surface area (Å²) in [6, 6.07) is 12.5. The van der Waals surface area contributed by atoms with Crippen molar-refractivity contribution in [1.29, 1.82) is 0 Å². The van der Waals surface area contributed by atoms with Gasteiger partial charge < -0.3 is 25.6 Å². The summed E-state index contributed by atoms with van der Waals surface area (Å²) in [6.45, 7) is 0.347. The minimum Gasteiger partial charge on any atom is -0.375 e. The van der Waals surface area contributed by atoms with E-state index in [4.69, 9.17) is 16.3 Å². The third-order valence-corrected chi connectivity index (χ3v) is 6.43. The van der Waals surface area contributed by atoms with Crippen molar-refractivity contribution < 1.29 is 23.9 Å². The van der Waals surface area contributed by atoms with Crippen LogP contribution < -0.4 is 16.0 Å². The van der Waals surface area contributed by atoms with Crippen molar-refractivity contribution in [1.82, 2.24) is 25.5 Å². The molecule has 210 valence electrons. The van der Waals surface area contributed by atoms with Crippen LogP contribution in [0.5, 0.6) is 0 Å². The minimum atomic E-state index is -0.917. The fourth-order valence-corrected chi connectivity index (χ4v) is 4.29. The van der Waals surface area contributed by atoms with Gasteiger partial charge in [0.15, 0.2) is 0 Å². The number of amides is 4. The van der Waals surface area contributed by atoms with Crippen LogP contribution >= 0.6 is 24.0 Å². The number of nitrogens with zero attached hydrogens (tertiary/aromatic N) is 3. The van der Waals surface area contributed by atoms with Gasteiger partial charge in [-0.2, -0.15) is 0 Å². The molecule has 0 bridgehead atoms. The fraction of sp³-hybridized carbons (Fsp3) is 0.259. The number of methoxy groups -OCH3 is 1. The number of ether oxygens (including phenoxy) is 1. The molecule has 2 aromatic heterocycles. The van der Waals surface area contributed by atoms with E-state index < -0.39 is 23.9 Å². The maximum absolute atomic E-state index is 13.1. The molecule has 4 amide bonds. The summed E-state index contributed by atoms with van der Waals surface area (Å²) in [7, 11) is 1.42. The monoisotopic (exact) mass is 586 g/mol. The van der Waals surface area contributed by atoms with E-state index in [1.54, 1.807) is 29.4 Å². The van der Waals surface area contributed by atoms with Crippen molar-refractivity contribution in [3.8, 4) is 11.1 Å². The molecule has 1 aliphatic heterocycles. The molecule has 13 heteroatoms. The molecule has 0 aliphatic carbocycles. The summed E-state index contributed by atoms with van der Waals surface area (Å²) in [6.07, 6.45) is 5.04. The Labute approximate surface area is 242 Å². The summed E-state index contributed by atoms with van der Waals surface area (Å²) >= 11 is 5.80. The van der Waals surface area contributed by atoms with Gasteiger partial charge in [-0.1, -0.05) is 23.7 Å². The second kappa shape index (κ2) is 14.4. The van der Waals surface area contributed by atoms with E-state index in [0.29, 0.717) is 23.6 Å². The molecule has 11 nitrogen and oxygen atoms in total. The second-order valence-electron chi connectivity index (χ2n) is 8.85. The number of halogens is 2. The van der Waals surface area contributed by atoms with Gasteiger partial charge in [0.1, 0.15) is 12.4 Å². The predicted octanol–water partition coefficient (Wildman–Crippen LogP) is 2.32. The molecule has 4 rings (SSSR count). The Balaban J connectivity index is 0.00000441. The number of likely N-dealkylation sites (tertiary alicyclic amines) is 1. The van der Waals surface area contributed by atoms with Crippen LogP contribution in [0.3, 0.4) is 0 Å². The number of aromatic nitrogens is 2. The van der Waals surface area contributed by atoms with Crippen LogP contribution in [0.25, 0.3) is 11.1 Å². The van der Waals surface area contributed by atoms with Gasteiger partial charge in [0, 0.05) is 44.4 Å². The summed E-state index contributed by atoms with van der Waals surface area (Å²) in [5, 5.41) is 8.40. The average Bonchev–Trinajstić information content (AvgIpc) is 2.95. The van der Waals surface area contributed by atoms with Crippen LogP contribution in [-0.2, 0) is 19.1 Å². The Bertz CT molecular complexity index is 1330. The SMILES string of the molecule is COCC(=O)N1CC[C@H](NC(=O)C(=O)Nc2ccc(Cl)cn2)[C@H](NC(=O)c2ccc(-c3ccncc3)cc2)C1.Cl. The molecule has 3 aromatic rings. The number of hydrogen-bond acceptors (Lipinski definition) is 7. The van der Waals surface area contributed by atoms with E-state index in [0.717, 1.165) is 11.1 Å². The molecule has 1 aliphatic rings. The highest BCUT2D eigenvalue weighted by Gasteiger charge is 2.34. The maximum atomic E-state index is 13.1. The number of benzene rings is 1. The van der Waals surface area contributed by atoms with Gasteiger partial charge in [0.05, 0.1) is 17.1 Å². The first-order valence-corrected chi connectivity index (χ1v) is 12.5. The maximum Gasteiger partial charge on any atom is 0.314 e. The van der Waals surface area contributed by atoms with Gasteiger partial charge in [0.2, 0.25) is 5.91 Å². The van der Waals surface area contributed by atoms with E-state index in [1.165, 1.54) is 25.4 Å². The molecule has 0 radical (unpaired) electrons. The molecule has 2 atom stereocenters. The molecule has 3 heterocycles. The molecule has 0 spiro atoms. The van der Waals surface area contributed by atoms with Gasteiger partial charge in [0.25, 0.3) is 5.91 Å². The van der Waals surface area contributed by atoms with Gasteiger partial charge in [-0.15, -0.1) is 12.4 Å². The number of hydrogen-bond donors (Lipinski definition) is 3. The second-order valence-corrected chi connectivity index (χ2v) is 9.29. The number of nitrogens with one attached hydrogen (secondary N) is 3. The molecule has 1 aromatic carbocycles. The lowest BCUT2D eigenvalue weighted by Gasteiger charge is -2.39. The lowest BCUT2D eigenvalue weighted by atomic mass is 9.98. The van der Waals surface area contributed by atoms with Crippen molar-refractivity contribution in [2.24, 2.45) is 0 Å². The third-order valence-electron chi connectivity index (χ3n) is 6.20. The zero-order valence-electron chi connectivity index (χ0n) is 21.5. The first-order chi connectivity index (χ1) is 18.8. The smallest absolute Gasteiger partial charge is 0.314 e. The number of carbonyl (C=O) groups is 4. The Hall–Kier alpha value is -4.06. The van der Waals surface area contributed by atoms with Crippen LogP contribution in [-0.4, -0.2) is 77.4 Å². The van der Waals surface area contributed by atoms with E-state index in [2.05, 4.69) is 25.9 Å². The molecule has 40 heavy (non-hydrogen) atoms. The summed E-state index contributed by atoms with van der Waals surface area (Å²) < 4.78 is 4.96. The normalized spacial score (nSPS) is 16.3. The van der Waals surface area contributed by atoms with Crippen LogP contribution in [0.2, 0.25) is 5.02 Å². The van der Waals surface area contributed by atoms with Crippen molar-refractivity contribution in [2.75, 3.05) is 32.1 Å². The first-order valence-electron chi connectivity index (χ1n) is 12.2. The lowest BCUT2D eigenvalue weighted by molar-refractivity contribution is -0.138. The first kappa shape index (κ1) is 30.5. The summed E-state index contributed by atoms with van der Waals surface area (Å²) in [5.74, 6) is -2.26. The lowest BCUT2D eigenvalue weighted by Crippen LogP contribution is -2.62. The van der Waals surface area contributed by atoms with Gasteiger partial charge >= 0.3 is 11.8 Å². The van der Waals surface area contributed by atoms with Crippen LogP contribution in [0.4, 0.5) is 5.82 Å². The Morgan fingerprint density at radius 2 is 1.65 bits per heavy atom. The minimum absolute atomic E-state index is 0. The highest BCUT2D eigenvalue weighted by Crippen LogP contribution is 2.19. The zero-order chi connectivity index (χ0) is 27.8. The Morgan fingerprint density at radius 3 is 2.30 bits per heavy atom. The van der Waals surface area contributed by atoms with Gasteiger partial charge in [-0.3, -0.25) is 24.2 Å². The van der Waals surface area contributed by atoms with E-state index in [9.17, 15) is 19.2 Å². The van der Waals surface area contributed by atoms with E-state index in [-0.39, 0.29) is 43.2 Å². The molecule has 1 fully saturated rings. The number of anilines is 1. The fourth-order valence-electron chi connectivity index (χ4n) is 4.18. The molecule has 3 N–H and O–H groups in total. The van der Waals surface area contributed by atoms with Crippen molar-refractivity contribution in [2.45, 2.75) is 18.5 Å². The number of pyridine rings is 2. The summed E-state index contributed by atoms with van der Waals surface area (Å²) in [4.78, 5) is 60.2. The Morgan fingerprint density at radius 1 is 0.950 bits per heavy atom. The Kier molecular flexibility index (Phi) is 10.9. The molecular formula is C27H28Cl2N6O5. The highest BCUT2D eigenvalue weighted by atomic mass is 35.5. The van der Waals surface area contributed by atoms with Crippen molar-refractivity contribution in [3.05, 3.63) is 77.7 Å². The van der Waals surface area contributed by atoms with Gasteiger partial charge in [-0.05, 0) is 53.9 Å².